The summed E-state index contributed by atoms with van der Waals surface area (Å²) < 4.78 is 0.921. The lowest BCUT2D eigenvalue weighted by molar-refractivity contribution is 0.102. The molecule has 0 saturated heterocycles. The zero-order valence-corrected chi connectivity index (χ0v) is 16.7. The summed E-state index contributed by atoms with van der Waals surface area (Å²) in [5.41, 5.74) is 3.78. The van der Waals surface area contributed by atoms with Crippen LogP contribution < -0.4 is 10.6 Å². The fourth-order valence-electron chi connectivity index (χ4n) is 2.77. The maximum Gasteiger partial charge on any atom is 0.257 e. The summed E-state index contributed by atoms with van der Waals surface area (Å²) in [6, 6.07) is 14.5. The number of nitrogens with zero attached hydrogens (tertiary/aromatic N) is 3. The molecule has 0 aliphatic carbocycles. The molecule has 0 aliphatic heterocycles. The van der Waals surface area contributed by atoms with E-state index in [9.17, 15) is 4.79 Å². The topological polar surface area (TPSA) is 79.8 Å². The van der Waals surface area contributed by atoms with Crippen LogP contribution in [-0.4, -0.2) is 20.9 Å². The highest BCUT2D eigenvalue weighted by Gasteiger charge is 2.11. The van der Waals surface area contributed by atoms with Crippen LogP contribution in [0, 0.1) is 13.8 Å². The summed E-state index contributed by atoms with van der Waals surface area (Å²) in [6.45, 7) is 3.82. The zero-order chi connectivity index (χ0) is 19.7. The summed E-state index contributed by atoms with van der Waals surface area (Å²) in [6.07, 6.45) is 0. The van der Waals surface area contributed by atoms with Crippen molar-refractivity contribution in [2.45, 2.75) is 13.8 Å². The van der Waals surface area contributed by atoms with Crippen molar-refractivity contribution >= 4 is 55.8 Å². The Hall–Kier alpha value is -3.03. The van der Waals surface area contributed by atoms with Gasteiger partial charge in [0.05, 0.1) is 10.2 Å². The molecule has 140 valence electrons. The molecule has 0 spiro atoms. The molecule has 1 amide bonds. The van der Waals surface area contributed by atoms with E-state index in [0.29, 0.717) is 21.7 Å². The maximum atomic E-state index is 12.6. The van der Waals surface area contributed by atoms with Gasteiger partial charge in [-0.1, -0.05) is 29.0 Å². The number of nitrogens with one attached hydrogen (secondary N) is 2. The van der Waals surface area contributed by atoms with E-state index in [0.717, 1.165) is 27.3 Å². The van der Waals surface area contributed by atoms with Crippen LogP contribution in [0.3, 0.4) is 0 Å². The lowest BCUT2D eigenvalue weighted by Gasteiger charge is -2.08. The van der Waals surface area contributed by atoms with Gasteiger partial charge in [0.2, 0.25) is 5.95 Å². The molecule has 2 heterocycles. The van der Waals surface area contributed by atoms with Gasteiger partial charge in [-0.2, -0.15) is 0 Å². The van der Waals surface area contributed by atoms with Gasteiger partial charge in [-0.25, -0.2) is 15.0 Å². The Kier molecular flexibility index (Phi) is 4.93. The molecule has 28 heavy (non-hydrogen) atoms. The molecule has 0 saturated carbocycles. The Bertz CT molecular complexity index is 1170. The predicted molar refractivity (Wildman–Crippen MR) is 114 cm³/mol. The Balaban J connectivity index is 1.53. The van der Waals surface area contributed by atoms with Gasteiger partial charge in [0.1, 0.15) is 0 Å². The first-order valence-corrected chi connectivity index (χ1v) is 9.72. The number of carbonyl (C=O) groups excluding carboxylic acids is 1. The minimum absolute atomic E-state index is 0.241. The fourth-order valence-corrected chi connectivity index (χ4v) is 3.91. The van der Waals surface area contributed by atoms with Crippen molar-refractivity contribution in [2.24, 2.45) is 0 Å². The van der Waals surface area contributed by atoms with Crippen LogP contribution in [0.25, 0.3) is 10.2 Å². The van der Waals surface area contributed by atoms with Crippen LogP contribution in [0.15, 0.2) is 48.5 Å². The molecule has 0 bridgehead atoms. The molecule has 4 aromatic rings. The number of amides is 1. The van der Waals surface area contributed by atoms with Gasteiger partial charge < -0.3 is 5.32 Å². The lowest BCUT2D eigenvalue weighted by Crippen LogP contribution is -2.12. The van der Waals surface area contributed by atoms with Gasteiger partial charge in [0.15, 0.2) is 5.13 Å². The monoisotopic (exact) mass is 409 g/mol. The standard InChI is InChI=1S/C20H16ClN5OS/c1-11-8-12(2)23-19(22-11)24-15-5-3-4-13(9-15)18(27)26-20-25-16-7-6-14(21)10-17(16)28-20/h3-10H,1-2H3,(H,22,23,24)(H,25,26,27). The SMILES string of the molecule is Cc1cc(C)nc(Nc2cccc(C(=O)Nc3nc4ccc(Cl)cc4s3)c2)n1. The van der Waals surface area contributed by atoms with E-state index in [1.54, 1.807) is 24.3 Å². The third kappa shape index (κ3) is 4.11. The Morgan fingerprint density at radius 1 is 1.00 bits per heavy atom. The molecule has 0 radical (unpaired) electrons. The van der Waals surface area contributed by atoms with Crippen LogP contribution >= 0.6 is 22.9 Å². The first-order valence-electron chi connectivity index (χ1n) is 8.53. The van der Waals surface area contributed by atoms with Gasteiger partial charge in [-0.05, 0) is 56.3 Å². The number of anilines is 3. The number of hydrogen-bond donors (Lipinski definition) is 2. The zero-order valence-electron chi connectivity index (χ0n) is 15.2. The van der Waals surface area contributed by atoms with E-state index in [1.807, 2.05) is 38.1 Å². The highest BCUT2D eigenvalue weighted by atomic mass is 35.5. The third-order valence-corrected chi connectivity index (χ3v) is 5.10. The average Bonchev–Trinajstić information content (AvgIpc) is 3.02. The highest BCUT2D eigenvalue weighted by Crippen LogP contribution is 2.28. The van der Waals surface area contributed by atoms with E-state index in [4.69, 9.17) is 11.6 Å². The summed E-state index contributed by atoms with van der Waals surface area (Å²) >= 11 is 7.39. The second-order valence-electron chi connectivity index (χ2n) is 6.27. The van der Waals surface area contributed by atoms with Crippen molar-refractivity contribution < 1.29 is 4.79 Å². The number of thiazole rings is 1. The van der Waals surface area contributed by atoms with Crippen molar-refractivity contribution in [2.75, 3.05) is 10.6 Å². The van der Waals surface area contributed by atoms with Crippen LogP contribution in [0.2, 0.25) is 5.02 Å². The average molecular weight is 410 g/mol. The molecular formula is C20H16ClN5OS. The number of fused-ring (bicyclic) bond motifs is 1. The molecule has 0 atom stereocenters. The van der Waals surface area contributed by atoms with E-state index in [2.05, 4.69) is 25.6 Å². The first-order chi connectivity index (χ1) is 13.5. The van der Waals surface area contributed by atoms with Gasteiger partial charge in [-0.15, -0.1) is 0 Å². The normalized spacial score (nSPS) is 10.8. The first kappa shape index (κ1) is 18.3. The van der Waals surface area contributed by atoms with Gasteiger partial charge in [0.25, 0.3) is 5.91 Å². The van der Waals surface area contributed by atoms with Crippen LogP contribution in [0.1, 0.15) is 21.7 Å². The Labute approximate surface area is 170 Å². The number of hydrogen-bond acceptors (Lipinski definition) is 6. The summed E-state index contributed by atoms with van der Waals surface area (Å²) in [5.74, 6) is 0.258. The molecule has 2 aromatic carbocycles. The minimum Gasteiger partial charge on any atom is -0.324 e. The van der Waals surface area contributed by atoms with E-state index in [-0.39, 0.29) is 5.91 Å². The molecule has 2 aromatic heterocycles. The number of aromatic nitrogens is 3. The maximum absolute atomic E-state index is 12.6. The van der Waals surface area contributed by atoms with Crippen molar-refractivity contribution in [3.8, 4) is 0 Å². The second-order valence-corrected chi connectivity index (χ2v) is 7.73. The molecule has 8 heteroatoms. The minimum atomic E-state index is -0.241. The molecular weight excluding hydrogens is 394 g/mol. The third-order valence-electron chi connectivity index (χ3n) is 3.93. The predicted octanol–water partition coefficient (Wildman–Crippen LogP) is 5.35. The quantitative estimate of drug-likeness (QED) is 0.474. The summed E-state index contributed by atoms with van der Waals surface area (Å²) in [7, 11) is 0. The fraction of sp³-hybridized carbons (Fsp3) is 0.100. The van der Waals surface area contributed by atoms with Crippen LogP contribution in [0.5, 0.6) is 0 Å². The van der Waals surface area contributed by atoms with E-state index >= 15 is 0 Å². The molecule has 0 aliphatic rings. The van der Waals surface area contributed by atoms with Gasteiger partial charge in [-0.3, -0.25) is 10.1 Å². The summed E-state index contributed by atoms with van der Waals surface area (Å²) in [4.78, 5) is 25.8. The largest absolute Gasteiger partial charge is 0.324 e. The Morgan fingerprint density at radius 2 is 1.79 bits per heavy atom. The van der Waals surface area contributed by atoms with Crippen molar-refractivity contribution in [3.63, 3.8) is 0 Å². The van der Waals surface area contributed by atoms with Gasteiger partial charge in [0, 0.05) is 27.7 Å². The van der Waals surface area contributed by atoms with Crippen LogP contribution in [0.4, 0.5) is 16.8 Å². The van der Waals surface area contributed by atoms with Crippen LogP contribution in [-0.2, 0) is 0 Å². The second kappa shape index (κ2) is 7.53. The molecule has 6 nitrogen and oxygen atoms in total. The summed E-state index contributed by atoms with van der Waals surface area (Å²) in [5, 5.41) is 7.15. The smallest absolute Gasteiger partial charge is 0.257 e. The molecule has 0 fully saturated rings. The highest BCUT2D eigenvalue weighted by molar-refractivity contribution is 7.22. The van der Waals surface area contributed by atoms with Crippen molar-refractivity contribution in [1.29, 1.82) is 0 Å². The van der Waals surface area contributed by atoms with E-state index < -0.39 is 0 Å². The molecule has 2 N–H and O–H groups in total. The number of carbonyl (C=O) groups is 1. The van der Waals surface area contributed by atoms with Crippen molar-refractivity contribution in [1.82, 2.24) is 15.0 Å². The van der Waals surface area contributed by atoms with Crippen molar-refractivity contribution in [3.05, 3.63) is 70.5 Å². The van der Waals surface area contributed by atoms with E-state index in [1.165, 1.54) is 11.3 Å². The molecule has 4 rings (SSSR count). The number of benzene rings is 2. The number of halogens is 1. The van der Waals surface area contributed by atoms with Gasteiger partial charge >= 0.3 is 0 Å². The lowest BCUT2D eigenvalue weighted by atomic mass is 10.2. The number of rotatable bonds is 4. The number of aryl methyl sites for hydroxylation is 2. The Morgan fingerprint density at radius 3 is 2.57 bits per heavy atom. The molecule has 0 unspecified atom stereocenters.